The van der Waals surface area contributed by atoms with Gasteiger partial charge in [-0.05, 0) is 54.4 Å². The molecule has 0 amide bonds. The first-order valence-corrected chi connectivity index (χ1v) is 7.40. The zero-order valence-electron chi connectivity index (χ0n) is 11.2. The molecule has 0 spiro atoms. The van der Waals surface area contributed by atoms with Crippen LogP contribution in [0.2, 0.25) is 0 Å². The van der Waals surface area contributed by atoms with Crippen molar-refractivity contribution in [1.29, 1.82) is 0 Å². The number of hydrogen-bond donors (Lipinski definition) is 1. The molecule has 2 N–H and O–H groups in total. The van der Waals surface area contributed by atoms with Crippen molar-refractivity contribution in [2.24, 2.45) is 0 Å². The van der Waals surface area contributed by atoms with E-state index in [1.807, 2.05) is 12.1 Å². The molecule has 0 saturated heterocycles. The Morgan fingerprint density at radius 2 is 1.89 bits per heavy atom. The SMILES string of the molecule is Cc1ccc(CSc2[nH]c3ccccc3[nH+]2)cc1C. The number of fused-ring (bicyclic) bond motifs is 1. The van der Waals surface area contributed by atoms with Crippen LogP contribution in [-0.2, 0) is 5.75 Å². The summed E-state index contributed by atoms with van der Waals surface area (Å²) in [7, 11) is 0. The number of benzene rings is 2. The van der Waals surface area contributed by atoms with Gasteiger partial charge in [0.25, 0.3) is 0 Å². The predicted molar refractivity (Wildman–Crippen MR) is 80.3 cm³/mol. The van der Waals surface area contributed by atoms with Gasteiger partial charge in [0.1, 0.15) is 0 Å². The highest BCUT2D eigenvalue weighted by Crippen LogP contribution is 2.21. The molecular formula is C16H17N2S+. The molecule has 96 valence electrons. The highest BCUT2D eigenvalue weighted by Gasteiger charge is 2.09. The Morgan fingerprint density at radius 1 is 1.05 bits per heavy atom. The number of aromatic amines is 2. The molecule has 19 heavy (non-hydrogen) atoms. The van der Waals surface area contributed by atoms with E-state index in [-0.39, 0.29) is 0 Å². The number of imidazole rings is 1. The average molecular weight is 269 g/mol. The molecular weight excluding hydrogens is 252 g/mol. The lowest BCUT2D eigenvalue weighted by molar-refractivity contribution is -0.396. The van der Waals surface area contributed by atoms with Crippen LogP contribution in [0.4, 0.5) is 0 Å². The molecule has 0 unspecified atom stereocenters. The van der Waals surface area contributed by atoms with Crippen LogP contribution in [0, 0.1) is 13.8 Å². The van der Waals surface area contributed by atoms with Crippen molar-refractivity contribution < 1.29 is 4.98 Å². The zero-order chi connectivity index (χ0) is 13.2. The predicted octanol–water partition coefficient (Wildman–Crippen LogP) is 3.89. The molecule has 0 bridgehead atoms. The van der Waals surface area contributed by atoms with E-state index in [0.717, 1.165) is 21.9 Å². The maximum absolute atomic E-state index is 3.40. The quantitative estimate of drug-likeness (QED) is 0.718. The van der Waals surface area contributed by atoms with Gasteiger partial charge in [-0.1, -0.05) is 30.3 Å². The van der Waals surface area contributed by atoms with E-state index in [1.165, 1.54) is 16.7 Å². The molecule has 0 aliphatic heterocycles. The second-order valence-corrected chi connectivity index (χ2v) is 5.82. The molecule has 3 aromatic rings. The fourth-order valence-corrected chi connectivity index (χ4v) is 2.95. The van der Waals surface area contributed by atoms with Gasteiger partial charge in [-0.2, -0.15) is 0 Å². The van der Waals surface area contributed by atoms with E-state index in [1.54, 1.807) is 11.8 Å². The summed E-state index contributed by atoms with van der Waals surface area (Å²) in [6.45, 7) is 4.32. The molecule has 0 radical (unpaired) electrons. The Balaban J connectivity index is 1.76. The van der Waals surface area contributed by atoms with Crippen LogP contribution in [0.1, 0.15) is 16.7 Å². The van der Waals surface area contributed by atoms with Gasteiger partial charge in [-0.25, -0.2) is 9.97 Å². The highest BCUT2D eigenvalue weighted by atomic mass is 32.2. The van der Waals surface area contributed by atoms with Crippen molar-refractivity contribution >= 4 is 22.8 Å². The maximum atomic E-state index is 3.40. The van der Waals surface area contributed by atoms with Crippen molar-refractivity contribution in [3.8, 4) is 0 Å². The molecule has 2 nitrogen and oxygen atoms in total. The van der Waals surface area contributed by atoms with Crippen LogP contribution in [0.5, 0.6) is 0 Å². The summed E-state index contributed by atoms with van der Waals surface area (Å²) in [4.78, 5) is 6.80. The largest absolute Gasteiger partial charge is 0.314 e. The van der Waals surface area contributed by atoms with Crippen LogP contribution >= 0.6 is 11.8 Å². The minimum absolute atomic E-state index is 0.977. The molecule has 0 aliphatic rings. The molecule has 3 rings (SSSR count). The maximum Gasteiger partial charge on any atom is 0.314 e. The first-order chi connectivity index (χ1) is 9.22. The van der Waals surface area contributed by atoms with Crippen LogP contribution in [0.25, 0.3) is 11.0 Å². The van der Waals surface area contributed by atoms with Gasteiger partial charge in [0.15, 0.2) is 11.0 Å². The van der Waals surface area contributed by atoms with Gasteiger partial charge in [-0.15, -0.1) is 0 Å². The van der Waals surface area contributed by atoms with Gasteiger partial charge >= 0.3 is 5.16 Å². The summed E-state index contributed by atoms with van der Waals surface area (Å²) >= 11 is 1.80. The Kier molecular flexibility index (Phi) is 3.30. The smallest absolute Gasteiger partial charge is 0.231 e. The first-order valence-electron chi connectivity index (χ1n) is 6.41. The van der Waals surface area contributed by atoms with Crippen molar-refractivity contribution in [3.63, 3.8) is 0 Å². The minimum atomic E-state index is 0.977. The van der Waals surface area contributed by atoms with E-state index < -0.39 is 0 Å². The Bertz CT molecular complexity index is 683. The van der Waals surface area contributed by atoms with E-state index in [4.69, 9.17) is 0 Å². The molecule has 1 heterocycles. The molecule has 0 aliphatic carbocycles. The Labute approximate surface area is 117 Å². The van der Waals surface area contributed by atoms with Gasteiger partial charge in [0, 0.05) is 5.75 Å². The lowest BCUT2D eigenvalue weighted by atomic mass is 10.1. The number of rotatable bonds is 3. The van der Waals surface area contributed by atoms with Crippen molar-refractivity contribution in [2.45, 2.75) is 24.8 Å². The summed E-state index contributed by atoms with van der Waals surface area (Å²) in [5, 5.41) is 1.11. The van der Waals surface area contributed by atoms with Crippen molar-refractivity contribution in [1.82, 2.24) is 4.98 Å². The van der Waals surface area contributed by atoms with E-state index >= 15 is 0 Å². The van der Waals surface area contributed by atoms with E-state index in [0.29, 0.717) is 0 Å². The van der Waals surface area contributed by atoms with Crippen LogP contribution in [0.15, 0.2) is 47.6 Å². The summed E-state index contributed by atoms with van der Waals surface area (Å²) in [6, 6.07) is 14.9. The summed E-state index contributed by atoms with van der Waals surface area (Å²) in [6.07, 6.45) is 0. The highest BCUT2D eigenvalue weighted by molar-refractivity contribution is 7.98. The fourth-order valence-electron chi connectivity index (χ4n) is 2.10. The summed E-state index contributed by atoms with van der Waals surface area (Å²) in [5.41, 5.74) is 6.39. The average Bonchev–Trinajstić information content (AvgIpc) is 2.83. The fraction of sp³-hybridized carbons (Fsp3) is 0.188. The molecule has 3 heteroatoms. The normalized spacial score (nSPS) is 11.1. The number of nitrogens with one attached hydrogen (secondary N) is 2. The monoisotopic (exact) mass is 269 g/mol. The van der Waals surface area contributed by atoms with Crippen LogP contribution in [0.3, 0.4) is 0 Å². The molecule has 0 saturated carbocycles. The summed E-state index contributed by atoms with van der Waals surface area (Å²) in [5.74, 6) is 0.977. The lowest BCUT2D eigenvalue weighted by Gasteiger charge is -2.02. The molecule has 0 fully saturated rings. The second-order valence-electron chi connectivity index (χ2n) is 4.83. The third-order valence-electron chi connectivity index (χ3n) is 3.38. The number of hydrogen-bond acceptors (Lipinski definition) is 1. The first kappa shape index (κ1) is 12.3. The van der Waals surface area contributed by atoms with Gasteiger partial charge in [0.05, 0.1) is 0 Å². The Hall–Kier alpha value is -1.74. The molecule has 2 aromatic carbocycles. The lowest BCUT2D eigenvalue weighted by Crippen LogP contribution is -2.01. The Morgan fingerprint density at radius 3 is 2.68 bits per heavy atom. The number of aryl methyl sites for hydroxylation is 2. The number of para-hydroxylation sites is 2. The topological polar surface area (TPSA) is 29.9 Å². The third kappa shape index (κ3) is 2.66. The number of aromatic nitrogens is 2. The van der Waals surface area contributed by atoms with Crippen LogP contribution < -0.4 is 4.98 Å². The number of thioether (sulfide) groups is 1. The zero-order valence-corrected chi connectivity index (χ0v) is 12.0. The van der Waals surface area contributed by atoms with Gasteiger partial charge < -0.3 is 0 Å². The third-order valence-corrected chi connectivity index (χ3v) is 4.35. The van der Waals surface area contributed by atoms with E-state index in [9.17, 15) is 0 Å². The van der Waals surface area contributed by atoms with Crippen molar-refractivity contribution in [3.05, 3.63) is 59.2 Å². The van der Waals surface area contributed by atoms with Crippen LogP contribution in [-0.4, -0.2) is 4.98 Å². The minimum Gasteiger partial charge on any atom is -0.231 e. The standard InChI is InChI=1S/C16H16N2S/c1-11-7-8-13(9-12(11)2)10-19-16-17-14-5-3-4-6-15(14)18-16/h3-9H,10H2,1-2H3,(H,17,18)/p+1. The second kappa shape index (κ2) is 5.10. The van der Waals surface area contributed by atoms with E-state index in [2.05, 4.69) is 54.1 Å². The molecule has 1 aromatic heterocycles. The number of H-pyrrole nitrogens is 2. The molecule has 0 atom stereocenters. The summed E-state index contributed by atoms with van der Waals surface area (Å²) < 4.78 is 0. The van der Waals surface area contributed by atoms with Gasteiger partial charge in [-0.3, -0.25) is 0 Å². The van der Waals surface area contributed by atoms with Crippen molar-refractivity contribution in [2.75, 3.05) is 0 Å². The van der Waals surface area contributed by atoms with Gasteiger partial charge in [0.2, 0.25) is 0 Å².